The number of nitrogens with one attached hydrogen (secondary N) is 2. The van der Waals surface area contributed by atoms with E-state index in [0.717, 1.165) is 0 Å². The highest BCUT2D eigenvalue weighted by Crippen LogP contribution is 2.16. The number of amides is 2. The molecule has 0 unspecified atom stereocenters. The number of hydrogen-bond donors (Lipinski definition) is 2. The summed E-state index contributed by atoms with van der Waals surface area (Å²) >= 11 is 0. The van der Waals surface area contributed by atoms with E-state index in [4.69, 9.17) is 9.47 Å². The van der Waals surface area contributed by atoms with Gasteiger partial charge >= 0.3 is 0 Å². The quantitative estimate of drug-likeness (QED) is 0.817. The first-order chi connectivity index (χ1) is 11.2. The molecule has 0 aliphatic carbocycles. The monoisotopic (exact) mass is 314 g/mol. The number of ether oxygens (including phenoxy) is 2. The molecule has 0 bridgehead atoms. The molecule has 2 aromatic rings. The first-order valence-electron chi connectivity index (χ1n) is 7.06. The molecule has 0 aliphatic rings. The molecule has 0 spiro atoms. The van der Waals surface area contributed by atoms with Crippen molar-refractivity contribution in [2.24, 2.45) is 0 Å². The van der Waals surface area contributed by atoms with Crippen LogP contribution in [0.3, 0.4) is 0 Å². The first-order valence-corrected chi connectivity index (χ1v) is 7.06. The van der Waals surface area contributed by atoms with Gasteiger partial charge in [0.1, 0.15) is 11.5 Å². The Labute approximate surface area is 134 Å². The average molecular weight is 314 g/mol. The summed E-state index contributed by atoms with van der Waals surface area (Å²) in [5.41, 5.74) is 0.601. The van der Waals surface area contributed by atoms with Gasteiger partial charge in [-0.1, -0.05) is 24.3 Å². The third-order valence-electron chi connectivity index (χ3n) is 2.91. The van der Waals surface area contributed by atoms with Crippen molar-refractivity contribution in [1.82, 2.24) is 5.32 Å². The molecule has 2 rings (SSSR count). The van der Waals surface area contributed by atoms with Gasteiger partial charge in [0.2, 0.25) is 5.91 Å². The van der Waals surface area contributed by atoms with Gasteiger partial charge in [-0.25, -0.2) is 0 Å². The molecule has 0 saturated heterocycles. The Morgan fingerprint density at radius 2 is 1.70 bits per heavy atom. The number of methoxy groups -OCH3 is 1. The number of hydrogen-bond acceptors (Lipinski definition) is 4. The Hall–Kier alpha value is -3.02. The maximum Gasteiger partial charge on any atom is 0.258 e. The minimum Gasteiger partial charge on any atom is -0.497 e. The lowest BCUT2D eigenvalue weighted by molar-refractivity contribution is -0.125. The molecular weight excluding hydrogens is 296 g/mol. The maximum atomic E-state index is 11.8. The summed E-state index contributed by atoms with van der Waals surface area (Å²) in [6, 6.07) is 16.0. The summed E-state index contributed by atoms with van der Waals surface area (Å²) < 4.78 is 10.4. The number of carbonyl (C=O) groups excluding carboxylic acids is 2. The summed E-state index contributed by atoms with van der Waals surface area (Å²) in [4.78, 5) is 23.4. The van der Waals surface area contributed by atoms with Gasteiger partial charge in [-0.2, -0.15) is 0 Å². The fourth-order valence-electron chi connectivity index (χ4n) is 1.80. The molecule has 0 radical (unpaired) electrons. The van der Waals surface area contributed by atoms with Crippen LogP contribution in [0.1, 0.15) is 0 Å². The molecule has 0 heterocycles. The minimum atomic E-state index is -0.366. The lowest BCUT2D eigenvalue weighted by Gasteiger charge is -2.09. The van der Waals surface area contributed by atoms with E-state index in [-0.39, 0.29) is 25.0 Å². The summed E-state index contributed by atoms with van der Waals surface area (Å²) in [6.07, 6.45) is 0. The molecule has 2 aromatic carbocycles. The molecule has 2 amide bonds. The number of para-hydroxylation sites is 1. The van der Waals surface area contributed by atoms with Crippen LogP contribution >= 0.6 is 0 Å². The molecule has 0 aliphatic heterocycles. The van der Waals surface area contributed by atoms with E-state index in [0.29, 0.717) is 17.2 Å². The molecule has 0 atom stereocenters. The topological polar surface area (TPSA) is 76.7 Å². The molecular formula is C17H18N2O4. The van der Waals surface area contributed by atoms with Crippen molar-refractivity contribution in [1.29, 1.82) is 0 Å². The number of rotatable bonds is 7. The summed E-state index contributed by atoms with van der Waals surface area (Å²) in [5.74, 6) is 0.549. The first kappa shape index (κ1) is 16.4. The zero-order valence-corrected chi connectivity index (χ0v) is 12.7. The third kappa shape index (κ3) is 5.70. The van der Waals surface area contributed by atoms with Crippen LogP contribution in [0.2, 0.25) is 0 Å². The van der Waals surface area contributed by atoms with Gasteiger partial charge in [0.05, 0.1) is 13.7 Å². The Kier molecular flexibility index (Phi) is 5.99. The second kappa shape index (κ2) is 8.43. The van der Waals surface area contributed by atoms with Gasteiger partial charge < -0.3 is 20.1 Å². The second-order valence-corrected chi connectivity index (χ2v) is 4.66. The Morgan fingerprint density at radius 3 is 2.43 bits per heavy atom. The SMILES string of the molecule is COc1cccc(NC(=O)CNC(=O)COc2ccccc2)c1. The van der Waals surface area contributed by atoms with Crippen LogP contribution in [0.25, 0.3) is 0 Å². The minimum absolute atomic E-state index is 0.131. The van der Waals surface area contributed by atoms with E-state index in [1.807, 2.05) is 18.2 Å². The summed E-state index contributed by atoms with van der Waals surface area (Å²) in [6.45, 7) is -0.273. The molecule has 120 valence electrons. The van der Waals surface area contributed by atoms with E-state index in [1.54, 1.807) is 43.5 Å². The van der Waals surface area contributed by atoms with Crippen molar-refractivity contribution in [3.63, 3.8) is 0 Å². The van der Waals surface area contributed by atoms with Crippen molar-refractivity contribution in [3.8, 4) is 11.5 Å². The maximum absolute atomic E-state index is 11.8. The molecule has 6 nitrogen and oxygen atoms in total. The van der Waals surface area contributed by atoms with Gasteiger partial charge in [-0.15, -0.1) is 0 Å². The molecule has 23 heavy (non-hydrogen) atoms. The lowest BCUT2D eigenvalue weighted by Crippen LogP contribution is -2.35. The highest BCUT2D eigenvalue weighted by Gasteiger charge is 2.07. The van der Waals surface area contributed by atoms with Gasteiger partial charge in [0.25, 0.3) is 5.91 Å². The van der Waals surface area contributed by atoms with Crippen LogP contribution < -0.4 is 20.1 Å². The van der Waals surface area contributed by atoms with Gasteiger partial charge in [-0.05, 0) is 24.3 Å². The van der Waals surface area contributed by atoms with E-state index >= 15 is 0 Å². The van der Waals surface area contributed by atoms with Gasteiger partial charge in [0.15, 0.2) is 6.61 Å². The van der Waals surface area contributed by atoms with Crippen LogP contribution in [0, 0.1) is 0 Å². The molecule has 6 heteroatoms. The summed E-state index contributed by atoms with van der Waals surface area (Å²) in [7, 11) is 1.55. The number of benzene rings is 2. The zero-order chi connectivity index (χ0) is 16.5. The Balaban J connectivity index is 1.72. The predicted molar refractivity (Wildman–Crippen MR) is 86.6 cm³/mol. The zero-order valence-electron chi connectivity index (χ0n) is 12.7. The molecule has 0 saturated carbocycles. The molecule has 0 aromatic heterocycles. The highest BCUT2D eigenvalue weighted by atomic mass is 16.5. The Morgan fingerprint density at radius 1 is 0.957 bits per heavy atom. The van der Waals surface area contributed by atoms with Crippen molar-refractivity contribution in [3.05, 3.63) is 54.6 Å². The normalized spacial score (nSPS) is 9.78. The lowest BCUT2D eigenvalue weighted by atomic mass is 10.3. The number of anilines is 1. The highest BCUT2D eigenvalue weighted by molar-refractivity contribution is 5.94. The van der Waals surface area contributed by atoms with E-state index in [9.17, 15) is 9.59 Å². The van der Waals surface area contributed by atoms with Crippen molar-refractivity contribution in [2.75, 3.05) is 25.6 Å². The van der Waals surface area contributed by atoms with Crippen LogP contribution in [-0.4, -0.2) is 32.1 Å². The number of carbonyl (C=O) groups is 2. The average Bonchev–Trinajstić information content (AvgIpc) is 2.59. The van der Waals surface area contributed by atoms with Crippen LogP contribution in [-0.2, 0) is 9.59 Å². The van der Waals surface area contributed by atoms with Crippen LogP contribution in [0.4, 0.5) is 5.69 Å². The van der Waals surface area contributed by atoms with E-state index < -0.39 is 0 Å². The van der Waals surface area contributed by atoms with Crippen molar-refractivity contribution >= 4 is 17.5 Å². The van der Waals surface area contributed by atoms with Crippen molar-refractivity contribution < 1.29 is 19.1 Å². The van der Waals surface area contributed by atoms with E-state index in [2.05, 4.69) is 10.6 Å². The van der Waals surface area contributed by atoms with Crippen LogP contribution in [0.5, 0.6) is 11.5 Å². The largest absolute Gasteiger partial charge is 0.497 e. The Bertz CT molecular complexity index is 659. The predicted octanol–water partition coefficient (Wildman–Crippen LogP) is 1.83. The standard InChI is InChI=1S/C17H18N2O4/c1-22-15-9-5-6-13(10-15)19-16(20)11-18-17(21)12-23-14-7-3-2-4-8-14/h2-10H,11-12H2,1H3,(H,18,21)(H,19,20). The van der Waals surface area contributed by atoms with Gasteiger partial charge in [-0.3, -0.25) is 9.59 Å². The summed E-state index contributed by atoms with van der Waals surface area (Å²) in [5, 5.41) is 5.17. The second-order valence-electron chi connectivity index (χ2n) is 4.66. The van der Waals surface area contributed by atoms with Gasteiger partial charge in [0, 0.05) is 11.8 Å². The molecule has 2 N–H and O–H groups in total. The van der Waals surface area contributed by atoms with E-state index in [1.165, 1.54) is 0 Å². The van der Waals surface area contributed by atoms with Crippen molar-refractivity contribution in [2.45, 2.75) is 0 Å². The fourth-order valence-corrected chi connectivity index (χ4v) is 1.80. The van der Waals surface area contributed by atoms with Crippen LogP contribution in [0.15, 0.2) is 54.6 Å². The fraction of sp³-hybridized carbons (Fsp3) is 0.176. The smallest absolute Gasteiger partial charge is 0.258 e. The third-order valence-corrected chi connectivity index (χ3v) is 2.91. The molecule has 0 fully saturated rings.